The maximum Gasteiger partial charge on any atom is 0.165 e. The SMILES string of the molecule is CC#CCCC(=O)c1ccccc1N. The van der Waals surface area contributed by atoms with Crippen LogP contribution in [0, 0.1) is 11.8 Å². The van der Waals surface area contributed by atoms with E-state index < -0.39 is 0 Å². The summed E-state index contributed by atoms with van der Waals surface area (Å²) in [6, 6.07) is 7.11. The summed E-state index contributed by atoms with van der Waals surface area (Å²) in [5.41, 5.74) is 6.81. The second-order valence-electron chi connectivity index (χ2n) is 2.94. The Morgan fingerprint density at radius 2 is 2.14 bits per heavy atom. The van der Waals surface area contributed by atoms with Gasteiger partial charge in [0.2, 0.25) is 0 Å². The Morgan fingerprint density at radius 3 is 2.79 bits per heavy atom. The molecular weight excluding hydrogens is 174 g/mol. The van der Waals surface area contributed by atoms with Crippen LogP contribution in [0.25, 0.3) is 0 Å². The van der Waals surface area contributed by atoms with Crippen molar-refractivity contribution in [1.29, 1.82) is 0 Å². The average molecular weight is 187 g/mol. The van der Waals surface area contributed by atoms with Gasteiger partial charge in [-0.05, 0) is 19.1 Å². The van der Waals surface area contributed by atoms with Crippen molar-refractivity contribution >= 4 is 11.5 Å². The first-order valence-corrected chi connectivity index (χ1v) is 4.53. The van der Waals surface area contributed by atoms with Crippen molar-refractivity contribution in [2.45, 2.75) is 19.8 Å². The topological polar surface area (TPSA) is 43.1 Å². The Balaban J connectivity index is 2.68. The molecule has 0 saturated heterocycles. The van der Waals surface area contributed by atoms with Crippen LogP contribution in [-0.4, -0.2) is 5.78 Å². The number of para-hydroxylation sites is 1. The van der Waals surface area contributed by atoms with Crippen molar-refractivity contribution in [3.05, 3.63) is 29.8 Å². The molecule has 72 valence electrons. The van der Waals surface area contributed by atoms with Crippen molar-refractivity contribution in [1.82, 2.24) is 0 Å². The van der Waals surface area contributed by atoms with E-state index in [0.29, 0.717) is 24.1 Å². The van der Waals surface area contributed by atoms with E-state index in [1.54, 1.807) is 19.1 Å². The number of hydrogen-bond acceptors (Lipinski definition) is 2. The lowest BCUT2D eigenvalue weighted by Crippen LogP contribution is -2.02. The van der Waals surface area contributed by atoms with E-state index in [9.17, 15) is 4.79 Å². The van der Waals surface area contributed by atoms with Crippen LogP contribution in [0.3, 0.4) is 0 Å². The zero-order chi connectivity index (χ0) is 10.4. The molecule has 14 heavy (non-hydrogen) atoms. The molecule has 0 unspecified atom stereocenters. The molecule has 0 aliphatic carbocycles. The molecule has 1 rings (SSSR count). The van der Waals surface area contributed by atoms with Crippen LogP contribution in [0.15, 0.2) is 24.3 Å². The molecule has 1 aromatic carbocycles. The largest absolute Gasteiger partial charge is 0.398 e. The number of Topliss-reactive ketones (excluding diaryl/α,β-unsaturated/α-hetero) is 1. The summed E-state index contributed by atoms with van der Waals surface area (Å²) in [6.07, 6.45) is 1.04. The number of nitrogen functional groups attached to an aromatic ring is 1. The van der Waals surface area contributed by atoms with Gasteiger partial charge >= 0.3 is 0 Å². The minimum absolute atomic E-state index is 0.0610. The van der Waals surface area contributed by atoms with Crippen molar-refractivity contribution in [2.75, 3.05) is 5.73 Å². The van der Waals surface area contributed by atoms with E-state index in [-0.39, 0.29) is 5.78 Å². The Morgan fingerprint density at radius 1 is 1.43 bits per heavy atom. The fourth-order valence-electron chi connectivity index (χ4n) is 1.19. The highest BCUT2D eigenvalue weighted by molar-refractivity contribution is 6.00. The first kappa shape index (κ1) is 10.3. The molecule has 0 fully saturated rings. The molecule has 0 bridgehead atoms. The number of anilines is 1. The maximum absolute atomic E-state index is 11.6. The predicted molar refractivity (Wildman–Crippen MR) is 57.9 cm³/mol. The van der Waals surface area contributed by atoms with Crippen molar-refractivity contribution in [2.24, 2.45) is 0 Å². The summed E-state index contributed by atoms with van der Waals surface area (Å²) >= 11 is 0. The van der Waals surface area contributed by atoms with Crippen molar-refractivity contribution in [3.63, 3.8) is 0 Å². The van der Waals surface area contributed by atoms with Gasteiger partial charge in [0, 0.05) is 24.1 Å². The minimum Gasteiger partial charge on any atom is -0.398 e. The van der Waals surface area contributed by atoms with E-state index in [1.807, 2.05) is 12.1 Å². The predicted octanol–water partition coefficient (Wildman–Crippen LogP) is 2.25. The van der Waals surface area contributed by atoms with Gasteiger partial charge < -0.3 is 5.73 Å². The molecule has 0 aliphatic rings. The number of rotatable bonds is 3. The lowest BCUT2D eigenvalue weighted by atomic mass is 10.1. The lowest BCUT2D eigenvalue weighted by molar-refractivity contribution is 0.0985. The third-order valence-electron chi connectivity index (χ3n) is 1.92. The Labute approximate surface area is 84.1 Å². The minimum atomic E-state index is 0.0610. The molecule has 0 amide bonds. The summed E-state index contributed by atoms with van der Waals surface area (Å²) < 4.78 is 0. The van der Waals surface area contributed by atoms with Gasteiger partial charge in [-0.25, -0.2) is 0 Å². The van der Waals surface area contributed by atoms with Crippen molar-refractivity contribution in [3.8, 4) is 11.8 Å². The molecular formula is C12H13NO. The number of hydrogen-bond donors (Lipinski definition) is 1. The first-order chi connectivity index (χ1) is 6.75. The van der Waals surface area contributed by atoms with Crippen LogP contribution in [0.1, 0.15) is 30.1 Å². The highest BCUT2D eigenvalue weighted by atomic mass is 16.1. The molecule has 2 heteroatoms. The quantitative estimate of drug-likeness (QED) is 0.448. The van der Waals surface area contributed by atoms with Gasteiger partial charge in [0.25, 0.3) is 0 Å². The van der Waals surface area contributed by atoms with E-state index in [0.717, 1.165) is 0 Å². The molecule has 0 spiro atoms. The number of carbonyl (C=O) groups is 1. The number of carbonyl (C=O) groups excluding carboxylic acids is 1. The van der Waals surface area contributed by atoms with Gasteiger partial charge in [-0.15, -0.1) is 11.8 Å². The molecule has 0 atom stereocenters. The Kier molecular flexibility index (Phi) is 3.75. The summed E-state index contributed by atoms with van der Waals surface area (Å²) in [4.78, 5) is 11.6. The van der Waals surface area contributed by atoms with Crippen LogP contribution in [-0.2, 0) is 0 Å². The Hall–Kier alpha value is -1.75. The fourth-order valence-corrected chi connectivity index (χ4v) is 1.19. The van der Waals surface area contributed by atoms with Crippen LogP contribution in [0.5, 0.6) is 0 Å². The lowest BCUT2D eigenvalue weighted by Gasteiger charge is -2.01. The Bertz CT molecular complexity index is 385. The monoisotopic (exact) mass is 187 g/mol. The van der Waals surface area contributed by atoms with E-state index in [1.165, 1.54) is 0 Å². The molecule has 1 aromatic rings. The molecule has 0 radical (unpaired) electrons. The summed E-state index contributed by atoms with van der Waals surface area (Å²) in [6.45, 7) is 1.77. The van der Waals surface area contributed by atoms with Gasteiger partial charge in [0.15, 0.2) is 5.78 Å². The second-order valence-corrected chi connectivity index (χ2v) is 2.94. The van der Waals surface area contributed by atoms with Gasteiger partial charge in [-0.1, -0.05) is 12.1 Å². The van der Waals surface area contributed by atoms with E-state index in [2.05, 4.69) is 11.8 Å². The number of ketones is 1. The van der Waals surface area contributed by atoms with E-state index >= 15 is 0 Å². The second kappa shape index (κ2) is 5.08. The molecule has 0 saturated carbocycles. The van der Waals surface area contributed by atoms with Gasteiger partial charge in [0.05, 0.1) is 0 Å². The van der Waals surface area contributed by atoms with Crippen LogP contribution < -0.4 is 5.73 Å². The average Bonchev–Trinajstić information content (AvgIpc) is 2.18. The van der Waals surface area contributed by atoms with Gasteiger partial charge in [-0.2, -0.15) is 0 Å². The summed E-state index contributed by atoms with van der Waals surface area (Å²) in [5.74, 6) is 5.67. The highest BCUT2D eigenvalue weighted by Crippen LogP contribution is 2.13. The molecule has 0 aliphatic heterocycles. The third-order valence-corrected chi connectivity index (χ3v) is 1.92. The first-order valence-electron chi connectivity index (χ1n) is 4.53. The zero-order valence-electron chi connectivity index (χ0n) is 8.21. The van der Waals surface area contributed by atoms with Crippen LogP contribution in [0.4, 0.5) is 5.69 Å². The standard InChI is InChI=1S/C12H13NO/c1-2-3-4-9-12(14)10-7-5-6-8-11(10)13/h5-8H,4,9,13H2,1H3. The van der Waals surface area contributed by atoms with Crippen LogP contribution in [0.2, 0.25) is 0 Å². The number of nitrogens with two attached hydrogens (primary N) is 1. The zero-order valence-corrected chi connectivity index (χ0v) is 8.21. The summed E-state index contributed by atoms with van der Waals surface area (Å²) in [5, 5.41) is 0. The molecule has 2 N–H and O–H groups in total. The molecule has 0 heterocycles. The molecule has 0 aromatic heterocycles. The van der Waals surface area contributed by atoms with Gasteiger partial charge in [-0.3, -0.25) is 4.79 Å². The number of benzene rings is 1. The smallest absolute Gasteiger partial charge is 0.165 e. The van der Waals surface area contributed by atoms with Crippen LogP contribution >= 0.6 is 0 Å². The normalized spacial score (nSPS) is 8.93. The van der Waals surface area contributed by atoms with Gasteiger partial charge in [0.1, 0.15) is 0 Å². The maximum atomic E-state index is 11.6. The summed E-state index contributed by atoms with van der Waals surface area (Å²) in [7, 11) is 0. The molecule has 2 nitrogen and oxygen atoms in total. The van der Waals surface area contributed by atoms with Crippen molar-refractivity contribution < 1.29 is 4.79 Å². The highest BCUT2D eigenvalue weighted by Gasteiger charge is 2.07. The van der Waals surface area contributed by atoms with E-state index in [4.69, 9.17) is 5.73 Å². The third kappa shape index (κ3) is 2.63. The fraction of sp³-hybridized carbons (Fsp3) is 0.250.